The summed E-state index contributed by atoms with van der Waals surface area (Å²) in [5.41, 5.74) is 9.30. The predicted octanol–water partition coefficient (Wildman–Crippen LogP) is 2.90. The van der Waals surface area contributed by atoms with Crippen LogP contribution in [0.1, 0.15) is 24.1 Å². The van der Waals surface area contributed by atoms with E-state index in [1.165, 1.54) is 6.20 Å². The Balaban J connectivity index is 3.19. The second kappa shape index (κ2) is 3.87. The van der Waals surface area contributed by atoms with Crippen LogP contribution < -0.4 is 0 Å². The van der Waals surface area contributed by atoms with Crippen molar-refractivity contribution in [2.45, 2.75) is 19.9 Å². The van der Waals surface area contributed by atoms with Crippen molar-refractivity contribution in [3.8, 4) is 0 Å². The minimum atomic E-state index is -0.570. The number of halogens is 1. The molecule has 1 aromatic rings. The lowest BCUT2D eigenvalue weighted by molar-refractivity contribution is 0.550. The summed E-state index contributed by atoms with van der Waals surface area (Å²) in [4.78, 5) is 6.12. The first kappa shape index (κ1) is 9.48. The Bertz CT molecular complexity index is 337. The third kappa shape index (κ3) is 1.95. The fraction of sp³-hybridized carbons (Fsp3) is 0.375. The second-order valence-electron chi connectivity index (χ2n) is 2.71. The third-order valence-electron chi connectivity index (χ3n) is 1.80. The molecule has 0 bridgehead atoms. The van der Waals surface area contributed by atoms with Crippen LogP contribution in [0.15, 0.2) is 17.4 Å². The molecular weight excluding hydrogens is 171 g/mol. The van der Waals surface area contributed by atoms with E-state index in [2.05, 4.69) is 15.0 Å². The summed E-state index contributed by atoms with van der Waals surface area (Å²) in [7, 11) is 0. The molecule has 1 unspecified atom stereocenters. The fourth-order valence-corrected chi connectivity index (χ4v) is 1.17. The standard InChI is InChI=1S/C8H9FN4/c1-5-3-4-11-8(9)7(5)6(2)12-13-10/h3-4,6H,1-2H3. The first-order valence-corrected chi connectivity index (χ1v) is 3.82. The molecule has 1 atom stereocenters. The molecule has 0 saturated heterocycles. The summed E-state index contributed by atoms with van der Waals surface area (Å²) in [6.07, 6.45) is 1.39. The van der Waals surface area contributed by atoms with Gasteiger partial charge in [0.15, 0.2) is 0 Å². The quantitative estimate of drug-likeness (QED) is 0.298. The third-order valence-corrected chi connectivity index (χ3v) is 1.80. The molecule has 0 N–H and O–H groups in total. The number of nitrogens with zero attached hydrogens (tertiary/aromatic N) is 4. The lowest BCUT2D eigenvalue weighted by Gasteiger charge is -2.08. The van der Waals surface area contributed by atoms with Gasteiger partial charge in [0.05, 0.1) is 6.04 Å². The summed E-state index contributed by atoms with van der Waals surface area (Å²) in [5, 5.41) is 3.42. The monoisotopic (exact) mass is 180 g/mol. The van der Waals surface area contributed by atoms with Gasteiger partial charge in [0.1, 0.15) is 0 Å². The first-order chi connectivity index (χ1) is 6.16. The zero-order valence-corrected chi connectivity index (χ0v) is 7.40. The van der Waals surface area contributed by atoms with Crippen LogP contribution in [0, 0.1) is 12.9 Å². The van der Waals surface area contributed by atoms with Gasteiger partial charge >= 0.3 is 0 Å². The topological polar surface area (TPSA) is 61.7 Å². The lowest BCUT2D eigenvalue weighted by atomic mass is 10.1. The van der Waals surface area contributed by atoms with Crippen LogP contribution >= 0.6 is 0 Å². The summed E-state index contributed by atoms with van der Waals surface area (Å²) < 4.78 is 13.1. The fourth-order valence-electron chi connectivity index (χ4n) is 1.17. The number of rotatable bonds is 2. The molecule has 4 nitrogen and oxygen atoms in total. The smallest absolute Gasteiger partial charge is 0.216 e. The Labute approximate surface area is 75.0 Å². The van der Waals surface area contributed by atoms with Crippen molar-refractivity contribution in [3.63, 3.8) is 0 Å². The largest absolute Gasteiger partial charge is 0.228 e. The van der Waals surface area contributed by atoms with Gasteiger partial charge in [0.2, 0.25) is 5.95 Å². The summed E-state index contributed by atoms with van der Waals surface area (Å²) >= 11 is 0. The molecule has 5 heteroatoms. The zero-order chi connectivity index (χ0) is 9.84. The van der Waals surface area contributed by atoms with Gasteiger partial charge in [-0.2, -0.15) is 4.39 Å². The Kier molecular flexibility index (Phi) is 2.82. The number of aromatic nitrogens is 1. The van der Waals surface area contributed by atoms with Crippen molar-refractivity contribution in [2.24, 2.45) is 5.11 Å². The van der Waals surface area contributed by atoms with E-state index in [1.807, 2.05) is 0 Å². The van der Waals surface area contributed by atoms with Crippen molar-refractivity contribution in [1.82, 2.24) is 4.98 Å². The number of pyridine rings is 1. The Morgan fingerprint density at radius 1 is 1.69 bits per heavy atom. The zero-order valence-electron chi connectivity index (χ0n) is 7.40. The van der Waals surface area contributed by atoms with Crippen LogP contribution in [0.2, 0.25) is 0 Å². The Hall–Kier alpha value is -1.61. The minimum Gasteiger partial charge on any atom is -0.228 e. The number of hydrogen-bond acceptors (Lipinski definition) is 2. The number of aryl methyl sites for hydroxylation is 1. The van der Waals surface area contributed by atoms with Crippen molar-refractivity contribution in [2.75, 3.05) is 0 Å². The molecule has 13 heavy (non-hydrogen) atoms. The summed E-state index contributed by atoms with van der Waals surface area (Å²) in [6, 6.07) is 1.17. The van der Waals surface area contributed by atoms with E-state index in [4.69, 9.17) is 5.53 Å². The van der Waals surface area contributed by atoms with Crippen LogP contribution in [0.25, 0.3) is 10.4 Å². The normalized spacial score (nSPS) is 11.9. The molecule has 0 aromatic carbocycles. The van der Waals surface area contributed by atoms with Gasteiger partial charge in [-0.05, 0) is 24.1 Å². The van der Waals surface area contributed by atoms with Crippen molar-refractivity contribution >= 4 is 0 Å². The van der Waals surface area contributed by atoms with Crippen LogP contribution in [0.4, 0.5) is 4.39 Å². The van der Waals surface area contributed by atoms with Crippen LogP contribution in [0.5, 0.6) is 0 Å². The average molecular weight is 180 g/mol. The van der Waals surface area contributed by atoms with Gasteiger partial charge < -0.3 is 0 Å². The number of hydrogen-bond donors (Lipinski definition) is 0. The highest BCUT2D eigenvalue weighted by atomic mass is 19.1. The molecule has 0 saturated carbocycles. The average Bonchev–Trinajstić information content (AvgIpc) is 2.04. The molecule has 1 aromatic heterocycles. The lowest BCUT2D eigenvalue weighted by Crippen LogP contribution is -1.99. The highest BCUT2D eigenvalue weighted by molar-refractivity contribution is 5.25. The van der Waals surface area contributed by atoms with Gasteiger partial charge in [0, 0.05) is 16.7 Å². The Morgan fingerprint density at radius 3 is 2.92 bits per heavy atom. The molecule has 0 spiro atoms. The van der Waals surface area contributed by atoms with Gasteiger partial charge in [-0.3, -0.25) is 0 Å². The highest BCUT2D eigenvalue weighted by Crippen LogP contribution is 2.22. The van der Waals surface area contributed by atoms with E-state index in [0.717, 1.165) is 5.56 Å². The van der Waals surface area contributed by atoms with Gasteiger partial charge in [0.25, 0.3) is 0 Å². The SMILES string of the molecule is Cc1ccnc(F)c1C(C)N=[N+]=[N-]. The maximum absolute atomic E-state index is 13.1. The van der Waals surface area contributed by atoms with Crippen LogP contribution in [-0.4, -0.2) is 4.98 Å². The highest BCUT2D eigenvalue weighted by Gasteiger charge is 2.12. The van der Waals surface area contributed by atoms with E-state index in [9.17, 15) is 4.39 Å². The maximum Gasteiger partial charge on any atom is 0.216 e. The van der Waals surface area contributed by atoms with Crippen molar-refractivity contribution in [3.05, 3.63) is 39.8 Å². The second-order valence-corrected chi connectivity index (χ2v) is 2.71. The van der Waals surface area contributed by atoms with E-state index >= 15 is 0 Å². The minimum absolute atomic E-state index is 0.361. The van der Waals surface area contributed by atoms with Crippen molar-refractivity contribution in [1.29, 1.82) is 0 Å². The molecule has 0 aliphatic rings. The van der Waals surface area contributed by atoms with Gasteiger partial charge in [-0.15, -0.1) is 0 Å². The van der Waals surface area contributed by atoms with E-state index in [0.29, 0.717) is 5.56 Å². The van der Waals surface area contributed by atoms with E-state index in [-0.39, 0.29) is 0 Å². The van der Waals surface area contributed by atoms with E-state index < -0.39 is 12.0 Å². The molecule has 1 heterocycles. The molecule has 0 aliphatic heterocycles. The summed E-state index contributed by atoms with van der Waals surface area (Å²) in [5.74, 6) is -0.570. The molecule has 0 radical (unpaired) electrons. The number of azide groups is 1. The van der Waals surface area contributed by atoms with Gasteiger partial charge in [-0.25, -0.2) is 4.98 Å². The van der Waals surface area contributed by atoms with E-state index in [1.54, 1.807) is 19.9 Å². The van der Waals surface area contributed by atoms with Gasteiger partial charge in [-0.1, -0.05) is 12.0 Å². The molecule has 0 aliphatic carbocycles. The van der Waals surface area contributed by atoms with Crippen LogP contribution in [-0.2, 0) is 0 Å². The predicted molar refractivity (Wildman–Crippen MR) is 46.5 cm³/mol. The summed E-state index contributed by atoms with van der Waals surface area (Å²) in [6.45, 7) is 3.39. The molecule has 68 valence electrons. The maximum atomic E-state index is 13.1. The first-order valence-electron chi connectivity index (χ1n) is 3.82. The Morgan fingerprint density at radius 2 is 2.38 bits per heavy atom. The molecule has 1 rings (SSSR count). The molecule has 0 fully saturated rings. The molecular formula is C8H9FN4. The molecule has 0 amide bonds. The van der Waals surface area contributed by atoms with Crippen LogP contribution in [0.3, 0.4) is 0 Å². The van der Waals surface area contributed by atoms with Crippen molar-refractivity contribution < 1.29 is 4.39 Å².